The molecule has 0 saturated carbocycles. The maximum Gasteiger partial charge on any atom is 0.114 e. The molecule has 0 spiro atoms. The summed E-state index contributed by atoms with van der Waals surface area (Å²) in [5.74, 6) is 2.53. The van der Waals surface area contributed by atoms with Crippen LogP contribution in [0.2, 0.25) is 0 Å². The van der Waals surface area contributed by atoms with Crippen LogP contribution in [0.15, 0.2) is 65.4 Å². The van der Waals surface area contributed by atoms with Gasteiger partial charge in [-0.1, -0.05) is 44.2 Å². The van der Waals surface area contributed by atoms with Gasteiger partial charge in [-0.05, 0) is 48.1 Å². The summed E-state index contributed by atoms with van der Waals surface area (Å²) < 4.78 is 5.78. The van der Waals surface area contributed by atoms with Crippen LogP contribution in [0.4, 0.5) is 0 Å². The molecular weight excluding hydrogens is 332 g/mol. The number of nitrogens with zero attached hydrogens (tertiary/aromatic N) is 2. The largest absolute Gasteiger partial charge is 0.468 e. The quantitative estimate of drug-likeness (QED) is 0.594. The molecule has 1 aliphatic rings. The molecule has 3 heteroatoms. The Balaban J connectivity index is 1.58. The Morgan fingerprint density at radius 2 is 2.00 bits per heavy atom. The molecule has 2 heterocycles. The first-order valence-corrected chi connectivity index (χ1v) is 9.37. The molecule has 4 rings (SSSR count). The van der Waals surface area contributed by atoms with Crippen LogP contribution < -0.4 is 0 Å². The number of pyridine rings is 1. The zero-order valence-corrected chi connectivity index (χ0v) is 15.6. The number of benzene rings is 1. The second-order valence-corrected chi connectivity index (χ2v) is 7.36. The molecule has 27 heavy (non-hydrogen) atoms. The van der Waals surface area contributed by atoms with E-state index in [2.05, 4.69) is 43.1 Å². The van der Waals surface area contributed by atoms with Crippen molar-refractivity contribution in [3.63, 3.8) is 0 Å². The molecule has 0 aliphatic heterocycles. The van der Waals surface area contributed by atoms with Crippen molar-refractivity contribution < 1.29 is 4.42 Å². The number of furan rings is 1. The van der Waals surface area contributed by atoms with Crippen molar-refractivity contribution >= 4 is 6.08 Å². The van der Waals surface area contributed by atoms with Crippen LogP contribution in [-0.4, -0.2) is 4.98 Å². The minimum Gasteiger partial charge on any atom is -0.468 e. The molecule has 0 amide bonds. The molecule has 3 aromatic rings. The summed E-state index contributed by atoms with van der Waals surface area (Å²) in [5, 5.41) is 9.28. The van der Waals surface area contributed by atoms with Crippen molar-refractivity contribution in [2.75, 3.05) is 0 Å². The van der Waals surface area contributed by atoms with Crippen molar-refractivity contribution in [2.24, 2.45) is 11.8 Å². The van der Waals surface area contributed by atoms with Crippen molar-refractivity contribution in [3.8, 4) is 17.2 Å². The van der Waals surface area contributed by atoms with E-state index in [9.17, 15) is 5.26 Å². The summed E-state index contributed by atoms with van der Waals surface area (Å²) in [6.45, 7) is 4.60. The molecule has 3 atom stereocenters. The van der Waals surface area contributed by atoms with E-state index in [-0.39, 0.29) is 5.92 Å². The fourth-order valence-electron chi connectivity index (χ4n) is 3.89. The molecule has 2 aromatic heterocycles. The van der Waals surface area contributed by atoms with E-state index in [1.165, 1.54) is 5.56 Å². The lowest BCUT2D eigenvalue weighted by Gasteiger charge is -2.31. The highest BCUT2D eigenvalue weighted by atomic mass is 16.3. The molecule has 0 saturated heterocycles. The van der Waals surface area contributed by atoms with Gasteiger partial charge in [-0.2, -0.15) is 5.26 Å². The summed E-state index contributed by atoms with van der Waals surface area (Å²) in [5.41, 5.74) is 4.77. The van der Waals surface area contributed by atoms with E-state index < -0.39 is 0 Å². The Bertz CT molecular complexity index is 1010. The Morgan fingerprint density at radius 3 is 2.78 bits per heavy atom. The van der Waals surface area contributed by atoms with E-state index in [1.807, 2.05) is 42.6 Å². The van der Waals surface area contributed by atoms with Gasteiger partial charge in [0.05, 0.1) is 23.6 Å². The average molecular weight is 354 g/mol. The molecule has 0 radical (unpaired) electrons. The lowest BCUT2D eigenvalue weighted by atomic mass is 9.73. The van der Waals surface area contributed by atoms with E-state index in [0.29, 0.717) is 17.4 Å². The van der Waals surface area contributed by atoms with Crippen LogP contribution in [0.25, 0.3) is 17.2 Å². The summed E-state index contributed by atoms with van der Waals surface area (Å²) in [6, 6.07) is 16.0. The van der Waals surface area contributed by atoms with Gasteiger partial charge in [-0.15, -0.1) is 0 Å². The van der Waals surface area contributed by atoms with Crippen LogP contribution in [0.3, 0.4) is 0 Å². The van der Waals surface area contributed by atoms with Gasteiger partial charge in [0, 0.05) is 23.2 Å². The standard InChI is InChI=1S/C24H22N2O/c1-16-13-18-11-12-27-24(18)22(17(16)2)10-9-21-8-7-20(15-26-21)23-6-4-3-5-19(23)14-25/h3-12,15-17,22H,13H2,1-2H3/t16-,17+,22-/m0/s1. The average Bonchev–Trinajstić information content (AvgIpc) is 3.16. The third kappa shape index (κ3) is 3.31. The highest BCUT2D eigenvalue weighted by Crippen LogP contribution is 2.41. The molecule has 3 nitrogen and oxygen atoms in total. The highest BCUT2D eigenvalue weighted by molar-refractivity contribution is 5.70. The van der Waals surface area contributed by atoms with E-state index >= 15 is 0 Å². The van der Waals surface area contributed by atoms with Crippen LogP contribution in [0.1, 0.15) is 42.3 Å². The predicted octanol–water partition coefficient (Wildman–Crippen LogP) is 5.84. The maximum absolute atomic E-state index is 9.28. The third-order valence-corrected chi connectivity index (χ3v) is 5.71. The van der Waals surface area contributed by atoms with Crippen LogP contribution >= 0.6 is 0 Å². The van der Waals surface area contributed by atoms with Gasteiger partial charge in [0.25, 0.3) is 0 Å². The minimum atomic E-state index is 0.277. The van der Waals surface area contributed by atoms with Gasteiger partial charge in [-0.3, -0.25) is 4.98 Å². The van der Waals surface area contributed by atoms with Crippen LogP contribution in [-0.2, 0) is 6.42 Å². The summed E-state index contributed by atoms with van der Waals surface area (Å²) in [6.07, 6.45) is 9.01. The normalized spacial score (nSPS) is 21.7. The van der Waals surface area contributed by atoms with Crippen molar-refractivity contribution in [2.45, 2.75) is 26.2 Å². The fraction of sp³-hybridized carbons (Fsp3) is 0.250. The van der Waals surface area contributed by atoms with E-state index in [1.54, 1.807) is 6.26 Å². The number of aromatic nitrogens is 1. The third-order valence-electron chi connectivity index (χ3n) is 5.71. The van der Waals surface area contributed by atoms with Gasteiger partial charge < -0.3 is 4.42 Å². The van der Waals surface area contributed by atoms with Crippen LogP contribution in [0.5, 0.6) is 0 Å². The first-order chi connectivity index (χ1) is 13.2. The zero-order valence-electron chi connectivity index (χ0n) is 15.6. The summed E-state index contributed by atoms with van der Waals surface area (Å²) in [7, 11) is 0. The monoisotopic (exact) mass is 354 g/mol. The minimum absolute atomic E-state index is 0.277. The lowest BCUT2D eigenvalue weighted by molar-refractivity contribution is 0.295. The second kappa shape index (κ2) is 7.25. The molecule has 1 aliphatic carbocycles. The molecule has 0 fully saturated rings. The number of hydrogen-bond acceptors (Lipinski definition) is 3. The SMILES string of the molecule is C[C@H]1[C@H](C=Cc2ccc(-c3ccccc3C#N)cn2)c2occc2C[C@@H]1C. The van der Waals surface area contributed by atoms with Crippen molar-refractivity contribution in [1.29, 1.82) is 5.26 Å². The summed E-state index contributed by atoms with van der Waals surface area (Å²) in [4.78, 5) is 4.58. The topological polar surface area (TPSA) is 49.8 Å². The Hall–Kier alpha value is -3.12. The molecular formula is C24H22N2O. The number of nitriles is 1. The maximum atomic E-state index is 9.28. The van der Waals surface area contributed by atoms with E-state index in [0.717, 1.165) is 29.0 Å². The highest BCUT2D eigenvalue weighted by Gasteiger charge is 2.32. The molecule has 0 N–H and O–H groups in total. The molecule has 134 valence electrons. The number of hydrogen-bond donors (Lipinski definition) is 0. The molecule has 0 unspecified atom stereocenters. The summed E-state index contributed by atoms with van der Waals surface area (Å²) >= 11 is 0. The van der Waals surface area contributed by atoms with Crippen molar-refractivity contribution in [1.82, 2.24) is 4.98 Å². The van der Waals surface area contributed by atoms with Gasteiger partial charge >= 0.3 is 0 Å². The number of fused-ring (bicyclic) bond motifs is 1. The zero-order chi connectivity index (χ0) is 18.8. The smallest absolute Gasteiger partial charge is 0.114 e. The van der Waals surface area contributed by atoms with E-state index in [4.69, 9.17) is 4.42 Å². The molecule has 0 bridgehead atoms. The van der Waals surface area contributed by atoms with Gasteiger partial charge in [0.2, 0.25) is 0 Å². The van der Waals surface area contributed by atoms with Crippen molar-refractivity contribution in [3.05, 3.63) is 83.6 Å². The van der Waals surface area contributed by atoms with Gasteiger partial charge in [0.1, 0.15) is 5.76 Å². The number of allylic oxidation sites excluding steroid dienone is 1. The fourth-order valence-corrected chi connectivity index (χ4v) is 3.89. The van der Waals surface area contributed by atoms with Gasteiger partial charge in [0.15, 0.2) is 0 Å². The van der Waals surface area contributed by atoms with Crippen LogP contribution in [0, 0.1) is 23.2 Å². The number of rotatable bonds is 3. The Morgan fingerprint density at radius 1 is 1.15 bits per heavy atom. The Kier molecular flexibility index (Phi) is 4.64. The first kappa shape index (κ1) is 17.3. The second-order valence-electron chi connectivity index (χ2n) is 7.36. The predicted molar refractivity (Wildman–Crippen MR) is 107 cm³/mol. The lowest BCUT2D eigenvalue weighted by Crippen LogP contribution is -2.23. The Labute approximate surface area is 160 Å². The molecule has 1 aromatic carbocycles. The first-order valence-electron chi connectivity index (χ1n) is 9.37. The van der Waals surface area contributed by atoms with Gasteiger partial charge in [-0.25, -0.2) is 0 Å².